The molecular weight excluding hydrogens is 265 g/mol. The second-order valence-corrected chi connectivity index (χ2v) is 3.46. The van der Waals surface area contributed by atoms with Crippen LogP contribution in [0.1, 0.15) is 18.0 Å². The Hall–Kier alpha value is -0.290. The standard InChI is InChI=1S/C9H10INO/c10-11-8-5-6-12-9-4-2-1-3-7(8)9/h1-4,8,11H,5-6H2/t8-/m1/s1. The number of para-hydroxylation sites is 1. The van der Waals surface area contributed by atoms with Crippen molar-refractivity contribution in [3.63, 3.8) is 0 Å². The summed E-state index contributed by atoms with van der Waals surface area (Å²) in [5.74, 6) is 1.03. The molecule has 0 fully saturated rings. The number of ether oxygens (including phenoxy) is 1. The molecule has 2 nitrogen and oxygen atoms in total. The van der Waals surface area contributed by atoms with Gasteiger partial charge in [0.2, 0.25) is 0 Å². The second kappa shape index (κ2) is 3.62. The summed E-state index contributed by atoms with van der Waals surface area (Å²) in [5, 5.41) is 0. The van der Waals surface area contributed by atoms with Gasteiger partial charge in [-0.1, -0.05) is 18.2 Å². The fourth-order valence-corrected chi connectivity index (χ4v) is 2.10. The van der Waals surface area contributed by atoms with Crippen molar-refractivity contribution in [3.05, 3.63) is 29.8 Å². The Bertz CT molecular complexity index is 277. The first-order valence-electron chi connectivity index (χ1n) is 3.99. The zero-order valence-corrected chi connectivity index (χ0v) is 8.74. The largest absolute Gasteiger partial charge is 0.493 e. The van der Waals surface area contributed by atoms with Crippen molar-refractivity contribution in [1.82, 2.24) is 3.53 Å². The van der Waals surface area contributed by atoms with E-state index < -0.39 is 0 Å². The zero-order chi connectivity index (χ0) is 8.39. The molecule has 0 unspecified atom stereocenters. The lowest BCUT2D eigenvalue weighted by atomic mass is 10.0. The molecule has 12 heavy (non-hydrogen) atoms. The predicted octanol–water partition coefficient (Wildman–Crippen LogP) is 2.45. The molecule has 1 aromatic carbocycles. The van der Waals surface area contributed by atoms with Gasteiger partial charge in [0.15, 0.2) is 0 Å². The van der Waals surface area contributed by atoms with Crippen LogP contribution in [0.2, 0.25) is 0 Å². The number of benzene rings is 1. The molecule has 1 atom stereocenters. The maximum absolute atomic E-state index is 5.51. The quantitative estimate of drug-likeness (QED) is 0.628. The first kappa shape index (κ1) is 8.31. The van der Waals surface area contributed by atoms with Crippen molar-refractivity contribution in [3.8, 4) is 5.75 Å². The fraction of sp³-hybridized carbons (Fsp3) is 0.333. The number of fused-ring (bicyclic) bond motifs is 1. The van der Waals surface area contributed by atoms with Crippen LogP contribution in [0, 0.1) is 0 Å². The van der Waals surface area contributed by atoms with E-state index in [1.54, 1.807) is 0 Å². The summed E-state index contributed by atoms with van der Waals surface area (Å²) in [6, 6.07) is 8.65. The highest BCUT2D eigenvalue weighted by atomic mass is 127. The fourth-order valence-electron chi connectivity index (χ4n) is 1.46. The summed E-state index contributed by atoms with van der Waals surface area (Å²) in [6.07, 6.45) is 1.06. The summed E-state index contributed by atoms with van der Waals surface area (Å²) in [6.45, 7) is 0.817. The van der Waals surface area contributed by atoms with E-state index in [0.29, 0.717) is 6.04 Å². The smallest absolute Gasteiger partial charge is 0.124 e. The number of halogens is 1. The van der Waals surface area contributed by atoms with Gasteiger partial charge in [-0.15, -0.1) is 0 Å². The van der Waals surface area contributed by atoms with E-state index in [4.69, 9.17) is 4.74 Å². The highest BCUT2D eigenvalue weighted by molar-refractivity contribution is 14.1. The normalized spacial score (nSPS) is 21.2. The van der Waals surface area contributed by atoms with Gasteiger partial charge >= 0.3 is 0 Å². The van der Waals surface area contributed by atoms with Gasteiger partial charge in [0.05, 0.1) is 6.61 Å². The number of nitrogens with one attached hydrogen (secondary N) is 1. The van der Waals surface area contributed by atoms with E-state index in [1.807, 2.05) is 12.1 Å². The lowest BCUT2D eigenvalue weighted by molar-refractivity contribution is 0.266. The SMILES string of the molecule is IN[C@@H]1CCOc2ccccc21. The molecule has 1 aliphatic rings. The molecule has 0 spiro atoms. The van der Waals surface area contributed by atoms with Crippen molar-refractivity contribution < 1.29 is 4.74 Å². The molecule has 2 rings (SSSR count). The van der Waals surface area contributed by atoms with Crippen molar-refractivity contribution >= 4 is 22.9 Å². The minimum atomic E-state index is 0.454. The minimum absolute atomic E-state index is 0.454. The highest BCUT2D eigenvalue weighted by Crippen LogP contribution is 2.31. The molecule has 3 heteroatoms. The van der Waals surface area contributed by atoms with Crippen LogP contribution in [0.15, 0.2) is 24.3 Å². The van der Waals surface area contributed by atoms with Crippen LogP contribution in [0.3, 0.4) is 0 Å². The third-order valence-electron chi connectivity index (χ3n) is 2.09. The molecule has 0 saturated carbocycles. The van der Waals surface area contributed by atoms with Crippen LogP contribution in [-0.2, 0) is 0 Å². The Kier molecular flexibility index (Phi) is 2.51. The van der Waals surface area contributed by atoms with Gasteiger partial charge in [0, 0.05) is 40.9 Å². The van der Waals surface area contributed by atoms with Crippen LogP contribution in [-0.4, -0.2) is 6.61 Å². The lowest BCUT2D eigenvalue weighted by Crippen LogP contribution is -2.20. The van der Waals surface area contributed by atoms with Gasteiger partial charge in [0.25, 0.3) is 0 Å². The Labute approximate surface area is 85.8 Å². The topological polar surface area (TPSA) is 21.3 Å². The van der Waals surface area contributed by atoms with E-state index in [-0.39, 0.29) is 0 Å². The maximum atomic E-state index is 5.51. The molecule has 1 aliphatic heterocycles. The van der Waals surface area contributed by atoms with Gasteiger partial charge in [-0.2, -0.15) is 0 Å². The monoisotopic (exact) mass is 275 g/mol. The van der Waals surface area contributed by atoms with Crippen LogP contribution >= 0.6 is 22.9 Å². The second-order valence-electron chi connectivity index (χ2n) is 2.84. The van der Waals surface area contributed by atoms with Crippen LogP contribution in [0.5, 0.6) is 5.75 Å². The van der Waals surface area contributed by atoms with Gasteiger partial charge in [-0.3, -0.25) is 3.53 Å². The van der Waals surface area contributed by atoms with E-state index in [1.165, 1.54) is 5.56 Å². The molecule has 0 aromatic heterocycles. The molecular formula is C9H10INO. The first-order valence-corrected chi connectivity index (χ1v) is 5.07. The highest BCUT2D eigenvalue weighted by Gasteiger charge is 2.18. The summed E-state index contributed by atoms with van der Waals surface area (Å²) < 4.78 is 8.76. The predicted molar refractivity (Wildman–Crippen MR) is 56.5 cm³/mol. The first-order chi connectivity index (χ1) is 5.92. The van der Waals surface area contributed by atoms with E-state index in [0.717, 1.165) is 18.8 Å². The molecule has 1 aromatic rings. The Morgan fingerprint density at radius 3 is 3.08 bits per heavy atom. The molecule has 0 bridgehead atoms. The van der Waals surface area contributed by atoms with Crippen molar-refractivity contribution in [1.29, 1.82) is 0 Å². The van der Waals surface area contributed by atoms with Crippen LogP contribution in [0.4, 0.5) is 0 Å². The van der Waals surface area contributed by atoms with Crippen molar-refractivity contribution in [2.24, 2.45) is 0 Å². The third-order valence-corrected chi connectivity index (χ3v) is 2.84. The van der Waals surface area contributed by atoms with Crippen molar-refractivity contribution in [2.45, 2.75) is 12.5 Å². The minimum Gasteiger partial charge on any atom is -0.493 e. The molecule has 0 radical (unpaired) electrons. The summed E-state index contributed by atoms with van der Waals surface area (Å²) in [4.78, 5) is 0. The molecule has 1 heterocycles. The van der Waals surface area contributed by atoms with E-state index in [9.17, 15) is 0 Å². The van der Waals surface area contributed by atoms with Gasteiger partial charge < -0.3 is 4.74 Å². The molecule has 0 aliphatic carbocycles. The van der Waals surface area contributed by atoms with Crippen LogP contribution < -0.4 is 8.27 Å². The van der Waals surface area contributed by atoms with E-state index >= 15 is 0 Å². The average Bonchev–Trinajstić information content (AvgIpc) is 2.17. The third kappa shape index (κ3) is 1.43. The molecule has 64 valence electrons. The Morgan fingerprint density at radius 1 is 1.42 bits per heavy atom. The van der Waals surface area contributed by atoms with Crippen LogP contribution in [0.25, 0.3) is 0 Å². The van der Waals surface area contributed by atoms with Gasteiger partial charge in [0.1, 0.15) is 5.75 Å². The van der Waals surface area contributed by atoms with Gasteiger partial charge in [-0.05, 0) is 6.07 Å². The summed E-state index contributed by atoms with van der Waals surface area (Å²) in [5.41, 5.74) is 1.28. The van der Waals surface area contributed by atoms with Gasteiger partial charge in [-0.25, -0.2) is 0 Å². The van der Waals surface area contributed by atoms with E-state index in [2.05, 4.69) is 38.5 Å². The van der Waals surface area contributed by atoms with Crippen molar-refractivity contribution in [2.75, 3.05) is 6.61 Å². The Morgan fingerprint density at radius 2 is 2.25 bits per heavy atom. The molecule has 0 saturated heterocycles. The molecule has 0 amide bonds. The Balaban J connectivity index is 2.37. The lowest BCUT2D eigenvalue weighted by Gasteiger charge is -2.24. The number of rotatable bonds is 1. The number of hydrogen-bond donors (Lipinski definition) is 1. The molecule has 1 N–H and O–H groups in total. The summed E-state index contributed by atoms with van der Waals surface area (Å²) >= 11 is 2.20. The zero-order valence-electron chi connectivity index (χ0n) is 6.59. The summed E-state index contributed by atoms with van der Waals surface area (Å²) in [7, 11) is 0. The number of hydrogen-bond acceptors (Lipinski definition) is 2. The maximum Gasteiger partial charge on any atom is 0.124 e. The average molecular weight is 275 g/mol.